The maximum atomic E-state index is 12.9. The lowest BCUT2D eigenvalue weighted by Crippen LogP contribution is -2.02. The van der Waals surface area contributed by atoms with E-state index in [-0.39, 0.29) is 5.82 Å². The van der Waals surface area contributed by atoms with Crippen LogP contribution in [0.25, 0.3) is 0 Å². The van der Waals surface area contributed by atoms with Gasteiger partial charge in [0.05, 0.1) is 16.4 Å². The summed E-state index contributed by atoms with van der Waals surface area (Å²) in [6.45, 7) is 2.68. The molecule has 0 aliphatic heterocycles. The largest absolute Gasteiger partial charge is 0.490 e. The zero-order valence-electron chi connectivity index (χ0n) is 11.9. The average Bonchev–Trinajstić information content (AvgIpc) is 2.49. The van der Waals surface area contributed by atoms with E-state index in [1.165, 1.54) is 18.3 Å². The number of ether oxygens (including phenoxy) is 2. The molecule has 2 rings (SSSR count). The van der Waals surface area contributed by atoms with Gasteiger partial charge < -0.3 is 14.7 Å². The van der Waals surface area contributed by atoms with E-state index in [1.54, 1.807) is 18.2 Å². The molecule has 2 aromatic rings. The molecule has 0 saturated carbocycles. The van der Waals surface area contributed by atoms with Crippen LogP contribution in [0.4, 0.5) is 4.39 Å². The van der Waals surface area contributed by atoms with Crippen LogP contribution in [-0.2, 0) is 6.61 Å². The lowest BCUT2D eigenvalue weighted by molar-refractivity contribution is 0.267. The van der Waals surface area contributed by atoms with Crippen LogP contribution in [0.1, 0.15) is 18.1 Å². The number of rotatable bonds is 6. The Labute approximate surface area is 141 Å². The molecule has 0 atom stereocenters. The van der Waals surface area contributed by atoms with Crippen molar-refractivity contribution < 1.29 is 19.1 Å². The Morgan fingerprint density at radius 2 is 1.95 bits per heavy atom. The van der Waals surface area contributed by atoms with Gasteiger partial charge in [0.15, 0.2) is 11.5 Å². The molecule has 1 N–H and O–H groups in total. The van der Waals surface area contributed by atoms with Crippen molar-refractivity contribution in [3.05, 3.63) is 56.9 Å². The summed E-state index contributed by atoms with van der Waals surface area (Å²) in [6.07, 6.45) is 1.33. The minimum absolute atomic E-state index is 0.277. The molecule has 0 amide bonds. The standard InChI is InChI=1S/C16H15FINO3/c1-2-21-15-8-12(9-19-20)7-14(18)16(15)22-10-11-3-5-13(17)6-4-11/h3-9,20H,2,10H2,1H3. The Morgan fingerprint density at radius 1 is 1.23 bits per heavy atom. The Bertz CT molecular complexity index is 659. The second kappa shape index (κ2) is 7.98. The molecule has 2 aromatic carbocycles. The maximum Gasteiger partial charge on any atom is 0.175 e. The number of benzene rings is 2. The lowest BCUT2D eigenvalue weighted by Gasteiger charge is -2.14. The molecule has 4 nitrogen and oxygen atoms in total. The third-order valence-corrected chi connectivity index (χ3v) is 3.64. The van der Waals surface area contributed by atoms with Crippen molar-refractivity contribution in [2.45, 2.75) is 13.5 Å². The van der Waals surface area contributed by atoms with Crippen molar-refractivity contribution in [1.29, 1.82) is 0 Å². The highest BCUT2D eigenvalue weighted by atomic mass is 127. The van der Waals surface area contributed by atoms with Crippen LogP contribution < -0.4 is 9.47 Å². The molecule has 0 heterocycles. The van der Waals surface area contributed by atoms with Crippen LogP contribution in [-0.4, -0.2) is 18.0 Å². The van der Waals surface area contributed by atoms with Crippen LogP contribution in [0.2, 0.25) is 0 Å². The van der Waals surface area contributed by atoms with E-state index in [4.69, 9.17) is 14.7 Å². The van der Waals surface area contributed by atoms with Crippen LogP contribution in [0.15, 0.2) is 41.6 Å². The zero-order valence-corrected chi connectivity index (χ0v) is 14.1. The summed E-state index contributed by atoms with van der Waals surface area (Å²) < 4.78 is 25.1. The Morgan fingerprint density at radius 3 is 2.59 bits per heavy atom. The SMILES string of the molecule is CCOc1cc(C=NO)cc(I)c1OCc1ccc(F)cc1. The maximum absolute atomic E-state index is 12.9. The molecule has 0 aromatic heterocycles. The summed E-state index contributed by atoms with van der Waals surface area (Å²) in [7, 11) is 0. The van der Waals surface area contributed by atoms with Crippen molar-refractivity contribution in [3.8, 4) is 11.5 Å². The van der Waals surface area contributed by atoms with Gasteiger partial charge in [0.2, 0.25) is 0 Å². The van der Waals surface area contributed by atoms with Gasteiger partial charge in [-0.25, -0.2) is 4.39 Å². The second-order valence-corrected chi connectivity index (χ2v) is 5.58. The first-order valence-corrected chi connectivity index (χ1v) is 7.73. The third kappa shape index (κ3) is 4.33. The topological polar surface area (TPSA) is 51.0 Å². The van der Waals surface area contributed by atoms with Gasteiger partial charge in [0, 0.05) is 5.56 Å². The molecule has 22 heavy (non-hydrogen) atoms. The van der Waals surface area contributed by atoms with Crippen molar-refractivity contribution in [3.63, 3.8) is 0 Å². The molecular weight excluding hydrogens is 400 g/mol. The minimum atomic E-state index is -0.277. The van der Waals surface area contributed by atoms with E-state index in [0.717, 1.165) is 9.13 Å². The van der Waals surface area contributed by atoms with E-state index < -0.39 is 0 Å². The first-order chi connectivity index (χ1) is 10.6. The van der Waals surface area contributed by atoms with Gasteiger partial charge in [-0.05, 0) is 59.3 Å². The molecule has 116 valence electrons. The highest BCUT2D eigenvalue weighted by Gasteiger charge is 2.12. The third-order valence-electron chi connectivity index (χ3n) is 2.83. The van der Waals surface area contributed by atoms with E-state index in [2.05, 4.69) is 27.7 Å². The quantitative estimate of drug-likeness (QED) is 0.333. The number of halogens is 2. The molecule has 0 saturated heterocycles. The average molecular weight is 415 g/mol. The fourth-order valence-electron chi connectivity index (χ4n) is 1.87. The predicted molar refractivity (Wildman–Crippen MR) is 90.4 cm³/mol. The minimum Gasteiger partial charge on any atom is -0.490 e. The fraction of sp³-hybridized carbons (Fsp3) is 0.188. The van der Waals surface area contributed by atoms with Crippen molar-refractivity contribution in [2.75, 3.05) is 6.61 Å². The van der Waals surface area contributed by atoms with Gasteiger partial charge in [-0.1, -0.05) is 17.3 Å². The normalized spacial score (nSPS) is 10.9. The summed E-state index contributed by atoms with van der Waals surface area (Å²) >= 11 is 2.13. The molecule has 0 bridgehead atoms. The Hall–Kier alpha value is -1.83. The Balaban J connectivity index is 2.22. The molecular formula is C16H15FINO3. The lowest BCUT2D eigenvalue weighted by atomic mass is 10.2. The predicted octanol–water partition coefficient (Wildman–Crippen LogP) is 4.22. The van der Waals surface area contributed by atoms with Crippen LogP contribution in [0.3, 0.4) is 0 Å². The number of oxime groups is 1. The monoisotopic (exact) mass is 415 g/mol. The summed E-state index contributed by atoms with van der Waals surface area (Å²) in [6, 6.07) is 9.71. The van der Waals surface area contributed by atoms with Gasteiger partial charge in [-0.2, -0.15) is 0 Å². The molecule has 0 aliphatic rings. The van der Waals surface area contributed by atoms with Crippen LogP contribution in [0, 0.1) is 9.39 Å². The van der Waals surface area contributed by atoms with Crippen molar-refractivity contribution in [2.24, 2.45) is 5.16 Å². The van der Waals surface area contributed by atoms with E-state index in [0.29, 0.717) is 30.3 Å². The van der Waals surface area contributed by atoms with Gasteiger partial charge in [-0.15, -0.1) is 0 Å². The first kappa shape index (κ1) is 16.5. The smallest absolute Gasteiger partial charge is 0.175 e. The van der Waals surface area contributed by atoms with Crippen LogP contribution in [0.5, 0.6) is 11.5 Å². The summed E-state index contributed by atoms with van der Waals surface area (Å²) in [4.78, 5) is 0. The molecule has 0 radical (unpaired) electrons. The molecule has 0 unspecified atom stereocenters. The summed E-state index contributed by atoms with van der Waals surface area (Å²) in [5.41, 5.74) is 1.57. The van der Waals surface area contributed by atoms with E-state index in [1.807, 2.05) is 13.0 Å². The summed E-state index contributed by atoms with van der Waals surface area (Å²) in [5.74, 6) is 0.911. The van der Waals surface area contributed by atoms with E-state index >= 15 is 0 Å². The van der Waals surface area contributed by atoms with E-state index in [9.17, 15) is 4.39 Å². The van der Waals surface area contributed by atoms with Gasteiger partial charge in [0.1, 0.15) is 12.4 Å². The molecule has 6 heteroatoms. The second-order valence-electron chi connectivity index (χ2n) is 4.42. The number of hydrogen-bond donors (Lipinski definition) is 1. The van der Waals surface area contributed by atoms with Crippen molar-refractivity contribution in [1.82, 2.24) is 0 Å². The van der Waals surface area contributed by atoms with Gasteiger partial charge >= 0.3 is 0 Å². The Kier molecular flexibility index (Phi) is 6.00. The zero-order chi connectivity index (χ0) is 15.9. The summed E-state index contributed by atoms with van der Waals surface area (Å²) in [5, 5.41) is 11.7. The number of nitrogens with zero attached hydrogens (tertiary/aromatic N) is 1. The van der Waals surface area contributed by atoms with Gasteiger partial charge in [0.25, 0.3) is 0 Å². The highest BCUT2D eigenvalue weighted by Crippen LogP contribution is 2.34. The molecule has 0 spiro atoms. The molecule has 0 aliphatic carbocycles. The van der Waals surface area contributed by atoms with Gasteiger partial charge in [-0.3, -0.25) is 0 Å². The highest BCUT2D eigenvalue weighted by molar-refractivity contribution is 14.1. The van der Waals surface area contributed by atoms with Crippen molar-refractivity contribution >= 4 is 28.8 Å². The fourth-order valence-corrected chi connectivity index (χ4v) is 2.65. The number of hydrogen-bond acceptors (Lipinski definition) is 4. The first-order valence-electron chi connectivity index (χ1n) is 6.65. The van der Waals surface area contributed by atoms with Crippen LogP contribution >= 0.6 is 22.6 Å². The molecule has 0 fully saturated rings.